The van der Waals surface area contributed by atoms with Crippen molar-refractivity contribution in [2.24, 2.45) is 22.7 Å². The standard InChI is InChI=1S/C28H41N5O5Si.C22H27N5O4/c1-19(2)16-37-27-31-25(32-33(27)18-36-11-12-39(6,7)8)23-10-9-21(14-29-23)22-15-30-24(13-20(22)3)38-17-28(4,5)26(34)35;1-13(2)11-30-21-25-19(26-27-21)17-7-6-15(9-23-17)16-10-24-18(8-14(16)3)31-12-22(4,5)20(28)29/h9-10,13-15,19H,11-12,16-18H2,1-8H3,(H,34,35);6-10,13H,11-12H2,1-5H3,(H,28,29)(H,25,26,27). The van der Waals surface area contributed by atoms with Crippen LogP contribution >= 0.6 is 0 Å². The molecule has 6 heterocycles. The van der Waals surface area contributed by atoms with E-state index in [1.807, 2.05) is 38.1 Å². The Morgan fingerprint density at radius 1 is 0.700 bits per heavy atom. The third kappa shape index (κ3) is 15.9. The first kappa shape index (κ1) is 54.1. The van der Waals surface area contributed by atoms with E-state index in [0.29, 0.717) is 78.5 Å². The third-order valence-corrected chi connectivity index (χ3v) is 12.2. The van der Waals surface area contributed by atoms with Crippen LogP contribution in [0.5, 0.6) is 23.8 Å². The maximum atomic E-state index is 11.3. The number of aromatic nitrogens is 10. The van der Waals surface area contributed by atoms with Gasteiger partial charge in [0.05, 0.1) is 24.0 Å². The SMILES string of the molecule is Cc1cc(OCC(C)(C)C(=O)O)ncc1-c1ccc(-c2nc(OCC(C)C)n(COCC[Si](C)(C)C)n2)nc1.Cc1cc(OCC(C)(C)C(=O)O)ncc1-c1ccc(-c2nc(OCC(C)C)n[nH]2)nc1. The largest absolute Gasteiger partial charge is 0.481 e. The minimum atomic E-state index is -1.19. The van der Waals surface area contributed by atoms with Gasteiger partial charge in [-0.2, -0.15) is 14.6 Å². The molecule has 19 nitrogen and oxygen atoms in total. The van der Waals surface area contributed by atoms with Gasteiger partial charge in [0.25, 0.3) is 0 Å². The summed E-state index contributed by atoms with van der Waals surface area (Å²) >= 11 is 0. The van der Waals surface area contributed by atoms with E-state index in [0.717, 1.165) is 39.4 Å². The molecule has 6 aromatic rings. The number of carboxylic acids is 2. The van der Waals surface area contributed by atoms with Gasteiger partial charge in [-0.05, 0) is 82.7 Å². The summed E-state index contributed by atoms with van der Waals surface area (Å²) in [5, 5.41) is 30.0. The van der Waals surface area contributed by atoms with Crippen LogP contribution in [0.4, 0.5) is 0 Å². The van der Waals surface area contributed by atoms with Crippen LogP contribution in [0.25, 0.3) is 45.3 Å². The molecule has 6 aromatic heterocycles. The van der Waals surface area contributed by atoms with Gasteiger partial charge in [0, 0.05) is 73.9 Å². The summed E-state index contributed by atoms with van der Waals surface area (Å²) in [7, 11) is -1.19. The van der Waals surface area contributed by atoms with Crippen LogP contribution < -0.4 is 18.9 Å². The zero-order valence-electron chi connectivity index (χ0n) is 42.7. The average Bonchev–Trinajstić information content (AvgIpc) is 3.95. The molecule has 0 aliphatic rings. The van der Waals surface area contributed by atoms with Crippen LogP contribution in [-0.2, 0) is 21.1 Å². The number of aromatic amines is 1. The Kier molecular flexibility index (Phi) is 18.3. The summed E-state index contributed by atoms with van der Waals surface area (Å²) in [6.07, 6.45) is 6.90. The molecular formula is C50H68N10O9Si. The van der Waals surface area contributed by atoms with E-state index in [-0.39, 0.29) is 19.9 Å². The first-order valence-electron chi connectivity index (χ1n) is 23.2. The lowest BCUT2D eigenvalue weighted by Gasteiger charge is -2.19. The Bertz CT molecular complexity index is 2660. The number of nitrogens with one attached hydrogen (secondary N) is 1. The van der Waals surface area contributed by atoms with Crippen molar-refractivity contribution in [2.45, 2.75) is 102 Å². The fraction of sp³-hybridized carbons (Fsp3) is 0.480. The lowest BCUT2D eigenvalue weighted by atomic mass is 9.95. The van der Waals surface area contributed by atoms with E-state index >= 15 is 0 Å². The zero-order chi connectivity index (χ0) is 51.4. The highest BCUT2D eigenvalue weighted by atomic mass is 28.3. The Morgan fingerprint density at radius 2 is 1.21 bits per heavy atom. The number of pyridine rings is 4. The van der Waals surface area contributed by atoms with Crippen LogP contribution in [-0.4, -0.2) is 113 Å². The molecule has 0 saturated heterocycles. The molecule has 376 valence electrons. The first-order valence-corrected chi connectivity index (χ1v) is 26.9. The molecule has 0 saturated carbocycles. The predicted octanol–water partition coefficient (Wildman–Crippen LogP) is 9.31. The lowest BCUT2D eigenvalue weighted by Crippen LogP contribution is -2.30. The van der Waals surface area contributed by atoms with Crippen LogP contribution in [0.3, 0.4) is 0 Å². The molecule has 0 radical (unpaired) electrons. The van der Waals surface area contributed by atoms with Crippen LogP contribution in [0.2, 0.25) is 25.7 Å². The normalized spacial score (nSPS) is 11.9. The van der Waals surface area contributed by atoms with Crippen molar-refractivity contribution in [3.8, 4) is 69.1 Å². The number of aliphatic carboxylic acids is 2. The summed E-state index contributed by atoms with van der Waals surface area (Å²) in [5.74, 6) is 0.657. The average molecular weight is 981 g/mol. The van der Waals surface area contributed by atoms with Crippen molar-refractivity contribution in [1.82, 2.24) is 49.9 Å². The highest BCUT2D eigenvalue weighted by molar-refractivity contribution is 6.76. The van der Waals surface area contributed by atoms with Gasteiger partial charge < -0.3 is 33.9 Å². The molecule has 0 unspecified atom stereocenters. The Morgan fingerprint density at radius 3 is 1.67 bits per heavy atom. The van der Waals surface area contributed by atoms with Gasteiger partial charge in [0.15, 0.2) is 5.82 Å². The topological polar surface area (TPSA) is 245 Å². The van der Waals surface area contributed by atoms with Gasteiger partial charge in [-0.1, -0.05) is 59.5 Å². The van der Waals surface area contributed by atoms with E-state index in [1.54, 1.807) is 69.3 Å². The number of H-pyrrole nitrogens is 1. The summed E-state index contributed by atoms with van der Waals surface area (Å²) in [4.78, 5) is 49.2. The number of rotatable bonds is 23. The maximum absolute atomic E-state index is 11.3. The zero-order valence-corrected chi connectivity index (χ0v) is 43.7. The smallest absolute Gasteiger partial charge is 0.335 e. The van der Waals surface area contributed by atoms with Crippen molar-refractivity contribution in [3.05, 3.63) is 72.3 Å². The maximum Gasteiger partial charge on any atom is 0.335 e. The number of hydrogen-bond acceptors (Lipinski definition) is 15. The van der Waals surface area contributed by atoms with Crippen molar-refractivity contribution in [1.29, 1.82) is 0 Å². The van der Waals surface area contributed by atoms with Gasteiger partial charge in [0.2, 0.25) is 17.6 Å². The molecule has 70 heavy (non-hydrogen) atoms. The monoisotopic (exact) mass is 980 g/mol. The first-order chi connectivity index (χ1) is 32.9. The number of ether oxygens (including phenoxy) is 5. The van der Waals surface area contributed by atoms with Gasteiger partial charge in [-0.15, -0.1) is 10.2 Å². The molecule has 0 bridgehead atoms. The van der Waals surface area contributed by atoms with Crippen LogP contribution in [0.15, 0.2) is 61.2 Å². The minimum Gasteiger partial charge on any atom is -0.481 e. The third-order valence-electron chi connectivity index (χ3n) is 10.5. The van der Waals surface area contributed by atoms with Crippen molar-refractivity contribution in [2.75, 3.05) is 33.0 Å². The van der Waals surface area contributed by atoms with Crippen molar-refractivity contribution < 1.29 is 43.5 Å². The fourth-order valence-corrected chi connectivity index (χ4v) is 6.65. The summed E-state index contributed by atoms with van der Waals surface area (Å²) < 4.78 is 30.2. The second kappa shape index (κ2) is 23.7. The highest BCUT2D eigenvalue weighted by Gasteiger charge is 2.29. The molecule has 0 aromatic carbocycles. The summed E-state index contributed by atoms with van der Waals surface area (Å²) in [5.41, 5.74) is 4.72. The minimum absolute atomic E-state index is 0.0241. The Labute approximate surface area is 410 Å². The highest BCUT2D eigenvalue weighted by Crippen LogP contribution is 2.29. The second-order valence-corrected chi connectivity index (χ2v) is 26.1. The van der Waals surface area contributed by atoms with Gasteiger partial charge >= 0.3 is 24.0 Å². The molecule has 0 aliphatic carbocycles. The number of hydrogen-bond donors (Lipinski definition) is 3. The summed E-state index contributed by atoms with van der Waals surface area (Å²) in [6.45, 7) is 27.6. The van der Waals surface area contributed by atoms with E-state index in [1.165, 1.54) is 0 Å². The molecular weight excluding hydrogens is 913 g/mol. The van der Waals surface area contributed by atoms with Gasteiger partial charge in [-0.25, -0.2) is 9.97 Å². The number of carbonyl (C=O) groups is 2. The van der Waals surface area contributed by atoms with Crippen molar-refractivity contribution >= 4 is 20.0 Å². The Hall–Kier alpha value is -6.80. The van der Waals surface area contributed by atoms with Gasteiger partial charge in [-0.3, -0.25) is 24.7 Å². The molecule has 0 atom stereocenters. The van der Waals surface area contributed by atoms with Crippen molar-refractivity contribution in [3.63, 3.8) is 0 Å². The second-order valence-electron chi connectivity index (χ2n) is 20.4. The molecule has 3 N–H and O–H groups in total. The number of nitrogens with zero attached hydrogens (tertiary/aromatic N) is 9. The van der Waals surface area contributed by atoms with E-state index in [2.05, 4.69) is 92.5 Å². The molecule has 0 fully saturated rings. The van der Waals surface area contributed by atoms with Crippen LogP contribution in [0.1, 0.15) is 66.5 Å². The Balaban J connectivity index is 0.000000267. The number of aryl methyl sites for hydroxylation is 2. The number of carboxylic acid groups (broad SMARTS) is 2. The van der Waals surface area contributed by atoms with Gasteiger partial charge in [0.1, 0.15) is 31.3 Å². The lowest BCUT2D eigenvalue weighted by molar-refractivity contribution is -0.149. The summed E-state index contributed by atoms with van der Waals surface area (Å²) in [6, 6.07) is 13.0. The fourth-order valence-electron chi connectivity index (χ4n) is 5.90. The van der Waals surface area contributed by atoms with Crippen LogP contribution in [0, 0.1) is 36.5 Å². The van der Waals surface area contributed by atoms with E-state index in [4.69, 9.17) is 23.7 Å². The molecule has 6 rings (SSSR count). The predicted molar refractivity (Wildman–Crippen MR) is 267 cm³/mol. The molecule has 0 amide bonds. The van der Waals surface area contributed by atoms with E-state index in [9.17, 15) is 19.8 Å². The quantitative estimate of drug-likeness (QED) is 0.0400. The molecule has 0 aliphatic heterocycles. The molecule has 0 spiro atoms. The molecule has 20 heteroatoms. The van der Waals surface area contributed by atoms with E-state index < -0.39 is 30.8 Å².